The van der Waals surface area contributed by atoms with Crippen LogP contribution in [0.3, 0.4) is 0 Å². The average molecular weight is 188 g/mol. The molecule has 0 fully saturated rings. The van der Waals surface area contributed by atoms with E-state index in [2.05, 4.69) is 29.2 Å². The molecule has 0 aliphatic carbocycles. The first-order valence-electron chi connectivity index (χ1n) is 5.07. The number of rotatable bonds is 3. The van der Waals surface area contributed by atoms with Gasteiger partial charge in [0.1, 0.15) is 0 Å². The monoisotopic (exact) mass is 188 g/mol. The predicted molar refractivity (Wildman–Crippen MR) is 60.3 cm³/mol. The van der Waals surface area contributed by atoms with Gasteiger partial charge < -0.3 is 10.7 Å². The topological polar surface area (TPSA) is 41.8 Å². The molecule has 2 heteroatoms. The van der Waals surface area contributed by atoms with Gasteiger partial charge in [-0.2, -0.15) is 0 Å². The third-order valence-corrected chi connectivity index (χ3v) is 2.51. The zero-order valence-corrected chi connectivity index (χ0v) is 8.46. The van der Waals surface area contributed by atoms with Crippen molar-refractivity contribution in [3.05, 3.63) is 36.0 Å². The second kappa shape index (κ2) is 3.84. The van der Waals surface area contributed by atoms with Crippen molar-refractivity contribution >= 4 is 10.9 Å². The second-order valence-electron chi connectivity index (χ2n) is 3.92. The van der Waals surface area contributed by atoms with E-state index in [0.717, 1.165) is 12.8 Å². The van der Waals surface area contributed by atoms with Gasteiger partial charge in [0.15, 0.2) is 0 Å². The Kier molecular flexibility index (Phi) is 2.55. The van der Waals surface area contributed by atoms with Gasteiger partial charge in [-0.15, -0.1) is 0 Å². The van der Waals surface area contributed by atoms with Gasteiger partial charge in [0, 0.05) is 17.8 Å². The van der Waals surface area contributed by atoms with Crippen molar-refractivity contribution < 1.29 is 0 Å². The maximum atomic E-state index is 5.73. The Morgan fingerprint density at radius 1 is 1.36 bits per heavy atom. The van der Waals surface area contributed by atoms with Crippen LogP contribution >= 0.6 is 0 Å². The summed E-state index contributed by atoms with van der Waals surface area (Å²) in [6.45, 7) is 2.05. The van der Waals surface area contributed by atoms with Crippen molar-refractivity contribution in [2.75, 3.05) is 0 Å². The molecule has 3 N–H and O–H groups in total. The molecular weight excluding hydrogens is 172 g/mol. The van der Waals surface area contributed by atoms with E-state index in [4.69, 9.17) is 5.73 Å². The number of fused-ring (bicyclic) bond motifs is 1. The summed E-state index contributed by atoms with van der Waals surface area (Å²) in [5.74, 6) is 0. The van der Waals surface area contributed by atoms with Gasteiger partial charge in [0.25, 0.3) is 0 Å². The molecule has 0 unspecified atom stereocenters. The number of nitrogens with one attached hydrogen (secondary N) is 1. The average Bonchev–Trinajstić information content (AvgIpc) is 2.61. The molecule has 0 bridgehead atoms. The lowest BCUT2D eigenvalue weighted by molar-refractivity contribution is 0.666. The smallest absolute Gasteiger partial charge is 0.0456 e. The van der Waals surface area contributed by atoms with Crippen LogP contribution in [0.1, 0.15) is 18.9 Å². The molecule has 0 spiro atoms. The molecule has 0 saturated heterocycles. The molecule has 0 aliphatic heterocycles. The molecule has 0 saturated carbocycles. The molecule has 2 nitrogen and oxygen atoms in total. The van der Waals surface area contributed by atoms with Crippen LogP contribution in [0.4, 0.5) is 0 Å². The summed E-state index contributed by atoms with van der Waals surface area (Å²) < 4.78 is 0. The van der Waals surface area contributed by atoms with Crippen LogP contribution in [0, 0.1) is 0 Å². The van der Waals surface area contributed by atoms with Crippen LogP contribution in [-0.2, 0) is 6.42 Å². The summed E-state index contributed by atoms with van der Waals surface area (Å²) in [6.07, 6.45) is 4.08. The van der Waals surface area contributed by atoms with Crippen molar-refractivity contribution in [3.8, 4) is 0 Å². The largest absolute Gasteiger partial charge is 0.361 e. The molecule has 2 aromatic rings. The number of hydrogen-bond acceptors (Lipinski definition) is 1. The molecule has 1 heterocycles. The van der Waals surface area contributed by atoms with Crippen LogP contribution in [-0.4, -0.2) is 11.0 Å². The van der Waals surface area contributed by atoms with Crippen LogP contribution in [0.5, 0.6) is 0 Å². The Morgan fingerprint density at radius 2 is 2.21 bits per heavy atom. The molecule has 74 valence electrons. The van der Waals surface area contributed by atoms with Crippen LogP contribution in [0.2, 0.25) is 0 Å². The van der Waals surface area contributed by atoms with E-state index in [1.807, 2.05) is 13.1 Å². The van der Waals surface area contributed by atoms with Crippen LogP contribution in [0.15, 0.2) is 30.5 Å². The fourth-order valence-electron chi connectivity index (χ4n) is 1.64. The van der Waals surface area contributed by atoms with Crippen molar-refractivity contribution in [1.29, 1.82) is 0 Å². The lowest BCUT2D eigenvalue weighted by atomic mass is 10.1. The Labute approximate surface area is 84.1 Å². The fraction of sp³-hybridized carbons (Fsp3) is 0.333. The Hall–Kier alpha value is -1.28. The highest BCUT2D eigenvalue weighted by molar-refractivity contribution is 5.79. The summed E-state index contributed by atoms with van der Waals surface area (Å²) in [5.41, 5.74) is 8.30. The number of H-pyrrole nitrogens is 1. The molecule has 0 radical (unpaired) electrons. The quantitative estimate of drug-likeness (QED) is 0.763. The number of nitrogens with two attached hydrogens (primary N) is 1. The zero-order chi connectivity index (χ0) is 9.97. The molecule has 14 heavy (non-hydrogen) atoms. The SMILES string of the molecule is C[C@H](N)CCc1ccc2cc[nH]c2c1. The Morgan fingerprint density at radius 3 is 3.00 bits per heavy atom. The first-order valence-corrected chi connectivity index (χ1v) is 5.07. The predicted octanol–water partition coefficient (Wildman–Crippen LogP) is 2.45. The third kappa shape index (κ3) is 1.96. The molecule has 1 aromatic heterocycles. The fourth-order valence-corrected chi connectivity index (χ4v) is 1.64. The van der Waals surface area contributed by atoms with E-state index in [1.165, 1.54) is 16.5 Å². The third-order valence-electron chi connectivity index (χ3n) is 2.51. The van der Waals surface area contributed by atoms with E-state index in [-0.39, 0.29) is 6.04 Å². The number of benzene rings is 1. The molecular formula is C12H16N2. The lowest BCUT2D eigenvalue weighted by Crippen LogP contribution is -2.15. The first-order chi connectivity index (χ1) is 6.75. The van der Waals surface area contributed by atoms with Crippen molar-refractivity contribution in [2.24, 2.45) is 5.73 Å². The second-order valence-corrected chi connectivity index (χ2v) is 3.92. The zero-order valence-electron chi connectivity index (χ0n) is 8.46. The normalized spacial score (nSPS) is 13.3. The lowest BCUT2D eigenvalue weighted by Gasteiger charge is -2.04. The van der Waals surface area contributed by atoms with Crippen LogP contribution in [0.25, 0.3) is 10.9 Å². The summed E-state index contributed by atoms with van der Waals surface area (Å²) in [7, 11) is 0. The van der Waals surface area contributed by atoms with Gasteiger partial charge in [-0.05, 0) is 42.8 Å². The summed E-state index contributed by atoms with van der Waals surface area (Å²) in [5, 5.41) is 1.27. The van der Waals surface area contributed by atoms with Gasteiger partial charge in [0.2, 0.25) is 0 Å². The molecule has 1 atom stereocenters. The van der Waals surface area contributed by atoms with Crippen molar-refractivity contribution in [2.45, 2.75) is 25.8 Å². The minimum absolute atomic E-state index is 0.286. The highest BCUT2D eigenvalue weighted by Crippen LogP contribution is 2.15. The summed E-state index contributed by atoms with van der Waals surface area (Å²) in [4.78, 5) is 3.22. The number of aryl methyl sites for hydroxylation is 1. The van der Waals surface area contributed by atoms with Gasteiger partial charge in [-0.1, -0.05) is 12.1 Å². The summed E-state index contributed by atoms with van der Waals surface area (Å²) >= 11 is 0. The van der Waals surface area contributed by atoms with E-state index < -0.39 is 0 Å². The van der Waals surface area contributed by atoms with Gasteiger partial charge in [0.05, 0.1) is 0 Å². The molecule has 0 aliphatic rings. The van der Waals surface area contributed by atoms with Gasteiger partial charge in [-0.25, -0.2) is 0 Å². The highest BCUT2D eigenvalue weighted by Gasteiger charge is 1.99. The number of hydrogen-bond donors (Lipinski definition) is 2. The van der Waals surface area contributed by atoms with Crippen molar-refractivity contribution in [1.82, 2.24) is 4.98 Å². The minimum atomic E-state index is 0.286. The number of aromatic amines is 1. The maximum absolute atomic E-state index is 5.73. The van der Waals surface area contributed by atoms with Crippen LogP contribution < -0.4 is 5.73 Å². The first kappa shape index (κ1) is 9.28. The van der Waals surface area contributed by atoms with E-state index in [1.54, 1.807) is 0 Å². The van der Waals surface area contributed by atoms with Gasteiger partial charge in [-0.3, -0.25) is 0 Å². The Bertz CT molecular complexity index is 415. The van der Waals surface area contributed by atoms with Gasteiger partial charge >= 0.3 is 0 Å². The standard InChI is InChI=1S/C12H16N2/c1-9(13)2-3-10-4-5-11-6-7-14-12(11)8-10/h4-9,14H,2-3,13H2,1H3/t9-/m0/s1. The molecule has 0 amide bonds. The maximum Gasteiger partial charge on any atom is 0.0456 e. The minimum Gasteiger partial charge on any atom is -0.361 e. The number of aromatic nitrogens is 1. The van der Waals surface area contributed by atoms with E-state index in [0.29, 0.717) is 0 Å². The Balaban J connectivity index is 2.17. The van der Waals surface area contributed by atoms with Crippen molar-refractivity contribution in [3.63, 3.8) is 0 Å². The summed E-state index contributed by atoms with van der Waals surface area (Å²) in [6, 6.07) is 8.91. The van der Waals surface area contributed by atoms with E-state index in [9.17, 15) is 0 Å². The molecule has 1 aromatic carbocycles. The molecule has 2 rings (SSSR count). The highest BCUT2D eigenvalue weighted by atomic mass is 14.7. The van der Waals surface area contributed by atoms with E-state index >= 15 is 0 Å².